The highest BCUT2D eigenvalue weighted by Crippen LogP contribution is 2.29. The van der Waals surface area contributed by atoms with Crippen LogP contribution in [0, 0.1) is 6.92 Å². The van der Waals surface area contributed by atoms with Crippen LogP contribution >= 0.6 is 23.8 Å². The zero-order valence-electron chi connectivity index (χ0n) is 15.3. The summed E-state index contributed by atoms with van der Waals surface area (Å²) in [5.74, 6) is 1.36. The van der Waals surface area contributed by atoms with Crippen molar-refractivity contribution in [3.63, 3.8) is 0 Å². The molecule has 0 amide bonds. The smallest absolute Gasteiger partial charge is 0.191 e. The largest absolute Gasteiger partial charge is 0.490 e. The fourth-order valence-electron chi connectivity index (χ4n) is 2.57. The van der Waals surface area contributed by atoms with E-state index in [1.54, 1.807) is 0 Å². The van der Waals surface area contributed by atoms with Crippen LogP contribution in [0.1, 0.15) is 25.2 Å². The second-order valence-corrected chi connectivity index (χ2v) is 6.71. The number of para-hydroxylation sites is 1. The predicted octanol–water partition coefficient (Wildman–Crippen LogP) is 5.50. The van der Waals surface area contributed by atoms with Crippen molar-refractivity contribution in [2.75, 3.05) is 11.9 Å². The summed E-state index contributed by atoms with van der Waals surface area (Å²) in [6, 6.07) is 13.3. The molecule has 3 aromatic rings. The van der Waals surface area contributed by atoms with E-state index in [0.717, 1.165) is 22.4 Å². The second kappa shape index (κ2) is 8.41. The fraction of sp³-hybridized carbons (Fsp3) is 0.200. The van der Waals surface area contributed by atoms with Crippen LogP contribution < -0.4 is 15.5 Å². The first-order valence-electron chi connectivity index (χ1n) is 8.51. The number of ether oxygens (including phenoxy) is 1. The van der Waals surface area contributed by atoms with Crippen molar-refractivity contribution >= 4 is 51.3 Å². The van der Waals surface area contributed by atoms with Crippen molar-refractivity contribution in [1.82, 2.24) is 5.43 Å². The molecular weight excluding hydrogens is 382 g/mol. The van der Waals surface area contributed by atoms with Crippen LogP contribution in [0.4, 0.5) is 5.69 Å². The van der Waals surface area contributed by atoms with Gasteiger partial charge in [0.1, 0.15) is 5.71 Å². The van der Waals surface area contributed by atoms with E-state index in [4.69, 9.17) is 33.0 Å². The first kappa shape index (κ1) is 19.2. The van der Waals surface area contributed by atoms with E-state index in [-0.39, 0.29) is 0 Å². The van der Waals surface area contributed by atoms with Crippen LogP contribution in [0.5, 0.6) is 5.75 Å². The summed E-state index contributed by atoms with van der Waals surface area (Å²) in [5, 5.41) is 9.40. The lowest BCUT2D eigenvalue weighted by Crippen LogP contribution is -2.25. The van der Waals surface area contributed by atoms with E-state index in [0.29, 0.717) is 33.8 Å². The number of benzene rings is 2. The summed E-state index contributed by atoms with van der Waals surface area (Å²) < 4.78 is 11.5. The molecule has 0 radical (unpaired) electrons. The van der Waals surface area contributed by atoms with Crippen LogP contribution in [-0.2, 0) is 0 Å². The Morgan fingerprint density at radius 3 is 2.81 bits per heavy atom. The molecule has 27 heavy (non-hydrogen) atoms. The number of anilines is 1. The van der Waals surface area contributed by atoms with Crippen LogP contribution in [0.25, 0.3) is 11.0 Å². The predicted molar refractivity (Wildman–Crippen MR) is 115 cm³/mol. The number of rotatable bonds is 5. The van der Waals surface area contributed by atoms with E-state index >= 15 is 0 Å². The zero-order valence-corrected chi connectivity index (χ0v) is 16.9. The van der Waals surface area contributed by atoms with Gasteiger partial charge in [0.05, 0.1) is 6.61 Å². The van der Waals surface area contributed by atoms with Gasteiger partial charge < -0.3 is 14.5 Å². The third-order valence-electron chi connectivity index (χ3n) is 4.01. The molecule has 2 aromatic carbocycles. The van der Waals surface area contributed by atoms with Gasteiger partial charge in [0.25, 0.3) is 0 Å². The SMILES string of the molecule is CCOc1cccc2cc(/C(C)=N\NC(=S)Nc3cccc(Cl)c3C)oc12. The van der Waals surface area contributed by atoms with Gasteiger partial charge in [0.15, 0.2) is 22.2 Å². The van der Waals surface area contributed by atoms with Gasteiger partial charge >= 0.3 is 0 Å². The summed E-state index contributed by atoms with van der Waals surface area (Å²) in [6.45, 7) is 6.28. The van der Waals surface area contributed by atoms with Crippen LogP contribution in [0.2, 0.25) is 5.02 Å². The summed E-state index contributed by atoms with van der Waals surface area (Å²) in [6.07, 6.45) is 0. The van der Waals surface area contributed by atoms with Gasteiger partial charge in [-0.05, 0) is 62.8 Å². The number of nitrogens with one attached hydrogen (secondary N) is 2. The maximum atomic E-state index is 6.12. The number of fused-ring (bicyclic) bond motifs is 1. The Labute approximate surface area is 168 Å². The summed E-state index contributed by atoms with van der Waals surface area (Å²) in [5.41, 5.74) is 5.96. The number of furan rings is 1. The molecule has 0 unspecified atom stereocenters. The van der Waals surface area contributed by atoms with E-state index < -0.39 is 0 Å². The van der Waals surface area contributed by atoms with Gasteiger partial charge in [0.2, 0.25) is 0 Å². The molecule has 0 atom stereocenters. The van der Waals surface area contributed by atoms with E-state index in [9.17, 15) is 0 Å². The third kappa shape index (κ3) is 4.40. The molecule has 2 N–H and O–H groups in total. The Balaban J connectivity index is 1.73. The van der Waals surface area contributed by atoms with E-state index in [1.807, 2.05) is 63.2 Å². The molecule has 0 saturated carbocycles. The maximum absolute atomic E-state index is 6.12. The number of hydrogen-bond acceptors (Lipinski definition) is 4. The normalized spacial score (nSPS) is 11.5. The Hall–Kier alpha value is -2.57. The highest BCUT2D eigenvalue weighted by molar-refractivity contribution is 7.80. The van der Waals surface area contributed by atoms with Crippen LogP contribution in [-0.4, -0.2) is 17.4 Å². The summed E-state index contributed by atoms with van der Waals surface area (Å²) in [7, 11) is 0. The van der Waals surface area contributed by atoms with Crippen molar-refractivity contribution in [2.24, 2.45) is 5.10 Å². The van der Waals surface area contributed by atoms with Crippen LogP contribution in [0.15, 0.2) is 52.0 Å². The Bertz CT molecular complexity index is 1010. The highest BCUT2D eigenvalue weighted by Gasteiger charge is 2.11. The Kier molecular flexibility index (Phi) is 5.98. The zero-order chi connectivity index (χ0) is 19.4. The van der Waals surface area contributed by atoms with E-state index in [1.165, 1.54) is 0 Å². The number of halogens is 1. The van der Waals surface area contributed by atoms with Gasteiger partial charge in [-0.2, -0.15) is 5.10 Å². The Morgan fingerprint density at radius 1 is 1.26 bits per heavy atom. The molecule has 0 aliphatic carbocycles. The standard InChI is InChI=1S/C20H20ClN3O2S/c1-4-25-17-10-5-7-14-11-18(26-19(14)17)13(3)23-24-20(27)22-16-9-6-8-15(21)12(16)2/h5-11H,4H2,1-3H3,(H2,22,24,27)/b23-13-. The topological polar surface area (TPSA) is 58.8 Å². The van der Waals surface area contributed by atoms with Gasteiger partial charge in [0, 0.05) is 16.1 Å². The molecule has 5 nitrogen and oxygen atoms in total. The quantitative estimate of drug-likeness (QED) is 0.335. The summed E-state index contributed by atoms with van der Waals surface area (Å²) in [4.78, 5) is 0. The fourth-order valence-corrected chi connectivity index (χ4v) is 2.90. The first-order chi connectivity index (χ1) is 13.0. The molecule has 7 heteroatoms. The lowest BCUT2D eigenvalue weighted by atomic mass is 10.2. The minimum absolute atomic E-state index is 0.367. The minimum Gasteiger partial charge on any atom is -0.490 e. The van der Waals surface area contributed by atoms with Crippen molar-refractivity contribution in [3.8, 4) is 5.75 Å². The molecule has 0 aliphatic rings. The molecule has 140 valence electrons. The minimum atomic E-state index is 0.367. The molecule has 0 aliphatic heterocycles. The second-order valence-electron chi connectivity index (χ2n) is 5.89. The van der Waals surface area contributed by atoms with E-state index in [2.05, 4.69) is 15.8 Å². The number of hydrogen-bond donors (Lipinski definition) is 2. The third-order valence-corrected chi connectivity index (χ3v) is 4.61. The molecule has 0 spiro atoms. The van der Waals surface area contributed by atoms with Gasteiger partial charge in [-0.3, -0.25) is 5.43 Å². The van der Waals surface area contributed by atoms with Crippen molar-refractivity contribution in [2.45, 2.75) is 20.8 Å². The highest BCUT2D eigenvalue weighted by atomic mass is 35.5. The Morgan fingerprint density at radius 2 is 2.04 bits per heavy atom. The lowest BCUT2D eigenvalue weighted by Gasteiger charge is -2.11. The first-order valence-corrected chi connectivity index (χ1v) is 9.30. The molecule has 1 heterocycles. The van der Waals surface area contributed by atoms with Gasteiger partial charge in [-0.15, -0.1) is 0 Å². The van der Waals surface area contributed by atoms with Gasteiger partial charge in [-0.1, -0.05) is 29.8 Å². The molecule has 0 fully saturated rings. The lowest BCUT2D eigenvalue weighted by molar-refractivity contribution is 0.338. The van der Waals surface area contributed by atoms with Gasteiger partial charge in [-0.25, -0.2) is 0 Å². The van der Waals surface area contributed by atoms with Crippen molar-refractivity contribution in [1.29, 1.82) is 0 Å². The maximum Gasteiger partial charge on any atom is 0.191 e. The monoisotopic (exact) mass is 401 g/mol. The van der Waals surface area contributed by atoms with Crippen molar-refractivity contribution < 1.29 is 9.15 Å². The van der Waals surface area contributed by atoms with Crippen LogP contribution in [0.3, 0.4) is 0 Å². The van der Waals surface area contributed by atoms with Crippen molar-refractivity contribution in [3.05, 3.63) is 58.8 Å². The molecule has 0 bridgehead atoms. The summed E-state index contributed by atoms with van der Waals surface area (Å²) >= 11 is 11.4. The molecule has 0 saturated heterocycles. The molecule has 3 rings (SSSR count). The number of hydrazone groups is 1. The molecular formula is C20H20ClN3O2S. The average Bonchev–Trinajstić information content (AvgIpc) is 3.09. The number of thiocarbonyl (C=S) groups is 1. The average molecular weight is 402 g/mol. The number of nitrogens with zero attached hydrogens (tertiary/aromatic N) is 1. The molecule has 1 aromatic heterocycles.